The molecular formula is C23H17BrN4. The van der Waals surface area contributed by atoms with Crippen molar-refractivity contribution in [2.75, 3.05) is 5.43 Å². The Labute approximate surface area is 172 Å². The zero-order valence-electron chi connectivity index (χ0n) is 15.0. The van der Waals surface area contributed by atoms with Gasteiger partial charge in [-0.3, -0.25) is 0 Å². The second kappa shape index (κ2) is 8.59. The number of aromatic nitrogens is 2. The van der Waals surface area contributed by atoms with Crippen LogP contribution in [0.3, 0.4) is 0 Å². The molecule has 0 saturated carbocycles. The van der Waals surface area contributed by atoms with Gasteiger partial charge in [0.25, 0.3) is 0 Å². The maximum Gasteiger partial charge on any atom is 0.244 e. The highest BCUT2D eigenvalue weighted by molar-refractivity contribution is 9.10. The SMILES string of the molecule is Brc1ccc(C=NNc2nc(-c3ccccc3)cc(-c3ccccc3)n2)cc1. The largest absolute Gasteiger partial charge is 0.245 e. The second-order valence-corrected chi connectivity index (χ2v) is 7.03. The maximum atomic E-state index is 4.63. The van der Waals surface area contributed by atoms with E-state index in [2.05, 4.69) is 36.4 Å². The Bertz CT molecular complexity index is 1020. The van der Waals surface area contributed by atoms with E-state index in [0.29, 0.717) is 5.95 Å². The first-order valence-electron chi connectivity index (χ1n) is 8.82. The molecule has 1 N–H and O–H groups in total. The van der Waals surface area contributed by atoms with E-state index in [0.717, 1.165) is 32.6 Å². The summed E-state index contributed by atoms with van der Waals surface area (Å²) in [6.07, 6.45) is 1.74. The Kier molecular flexibility index (Phi) is 5.54. The Balaban J connectivity index is 1.66. The molecule has 0 spiro atoms. The molecule has 4 aromatic rings. The molecule has 0 amide bonds. The molecule has 0 aliphatic heterocycles. The van der Waals surface area contributed by atoms with Crippen LogP contribution in [0.4, 0.5) is 5.95 Å². The van der Waals surface area contributed by atoms with Gasteiger partial charge in [0.1, 0.15) is 0 Å². The molecule has 28 heavy (non-hydrogen) atoms. The molecule has 0 unspecified atom stereocenters. The van der Waals surface area contributed by atoms with Crippen molar-refractivity contribution in [3.8, 4) is 22.5 Å². The average molecular weight is 429 g/mol. The summed E-state index contributed by atoms with van der Waals surface area (Å²) in [6.45, 7) is 0. The van der Waals surface area contributed by atoms with Crippen LogP contribution in [-0.4, -0.2) is 16.2 Å². The van der Waals surface area contributed by atoms with Crippen LogP contribution in [0.2, 0.25) is 0 Å². The number of hydrazone groups is 1. The Morgan fingerprint density at radius 2 is 1.25 bits per heavy atom. The van der Waals surface area contributed by atoms with Gasteiger partial charge in [0.2, 0.25) is 5.95 Å². The van der Waals surface area contributed by atoms with Gasteiger partial charge in [-0.05, 0) is 23.8 Å². The number of rotatable bonds is 5. The van der Waals surface area contributed by atoms with E-state index in [1.807, 2.05) is 91.0 Å². The van der Waals surface area contributed by atoms with Gasteiger partial charge in [0.15, 0.2) is 0 Å². The molecule has 0 fully saturated rings. The number of nitrogens with zero attached hydrogens (tertiary/aromatic N) is 3. The van der Waals surface area contributed by atoms with Crippen LogP contribution >= 0.6 is 15.9 Å². The Hall–Kier alpha value is -3.31. The van der Waals surface area contributed by atoms with E-state index in [9.17, 15) is 0 Å². The highest BCUT2D eigenvalue weighted by atomic mass is 79.9. The fourth-order valence-corrected chi connectivity index (χ4v) is 2.99. The van der Waals surface area contributed by atoms with Crippen molar-refractivity contribution in [2.24, 2.45) is 5.10 Å². The minimum Gasteiger partial charge on any atom is -0.245 e. The molecule has 3 aromatic carbocycles. The van der Waals surface area contributed by atoms with E-state index >= 15 is 0 Å². The molecule has 5 heteroatoms. The van der Waals surface area contributed by atoms with Gasteiger partial charge in [-0.15, -0.1) is 0 Å². The van der Waals surface area contributed by atoms with Crippen molar-refractivity contribution in [1.29, 1.82) is 0 Å². The van der Waals surface area contributed by atoms with Gasteiger partial charge in [0.05, 0.1) is 17.6 Å². The lowest BCUT2D eigenvalue weighted by atomic mass is 10.1. The summed E-state index contributed by atoms with van der Waals surface area (Å²) in [5.41, 5.74) is 7.69. The number of hydrogen-bond acceptors (Lipinski definition) is 4. The highest BCUT2D eigenvalue weighted by Gasteiger charge is 2.08. The summed E-state index contributed by atoms with van der Waals surface area (Å²) in [6, 6.07) is 30.0. The van der Waals surface area contributed by atoms with Crippen LogP contribution in [0, 0.1) is 0 Å². The monoisotopic (exact) mass is 428 g/mol. The lowest BCUT2D eigenvalue weighted by Gasteiger charge is -2.08. The lowest BCUT2D eigenvalue weighted by Crippen LogP contribution is -2.00. The molecule has 4 nitrogen and oxygen atoms in total. The van der Waals surface area contributed by atoms with Crippen molar-refractivity contribution in [1.82, 2.24) is 9.97 Å². The molecule has 0 radical (unpaired) electrons. The van der Waals surface area contributed by atoms with Gasteiger partial charge in [-0.25, -0.2) is 15.4 Å². The number of benzene rings is 3. The first-order chi connectivity index (χ1) is 13.8. The van der Waals surface area contributed by atoms with E-state index in [1.54, 1.807) is 6.21 Å². The van der Waals surface area contributed by atoms with Crippen molar-refractivity contribution >= 4 is 28.1 Å². The molecule has 0 aliphatic rings. The van der Waals surface area contributed by atoms with E-state index < -0.39 is 0 Å². The topological polar surface area (TPSA) is 50.2 Å². The molecule has 136 valence electrons. The summed E-state index contributed by atoms with van der Waals surface area (Å²) in [5.74, 6) is 0.452. The normalized spacial score (nSPS) is 10.9. The zero-order chi connectivity index (χ0) is 19.2. The van der Waals surface area contributed by atoms with Crippen molar-refractivity contribution in [2.45, 2.75) is 0 Å². The van der Waals surface area contributed by atoms with Gasteiger partial charge >= 0.3 is 0 Å². The van der Waals surface area contributed by atoms with Crippen LogP contribution in [0.5, 0.6) is 0 Å². The lowest BCUT2D eigenvalue weighted by molar-refractivity contribution is 1.13. The molecule has 4 rings (SSSR count). The van der Waals surface area contributed by atoms with E-state index in [4.69, 9.17) is 0 Å². The highest BCUT2D eigenvalue weighted by Crippen LogP contribution is 2.25. The van der Waals surface area contributed by atoms with Crippen molar-refractivity contribution < 1.29 is 0 Å². The van der Waals surface area contributed by atoms with Crippen LogP contribution in [0.15, 0.2) is 101 Å². The molecule has 1 heterocycles. The molecule has 0 saturated heterocycles. The smallest absolute Gasteiger partial charge is 0.244 e. The van der Waals surface area contributed by atoms with Gasteiger partial charge in [0, 0.05) is 15.6 Å². The summed E-state index contributed by atoms with van der Waals surface area (Å²) >= 11 is 3.43. The summed E-state index contributed by atoms with van der Waals surface area (Å²) in [7, 11) is 0. The molecule has 0 aliphatic carbocycles. The first-order valence-corrected chi connectivity index (χ1v) is 9.62. The number of anilines is 1. The van der Waals surface area contributed by atoms with Crippen LogP contribution in [0.1, 0.15) is 5.56 Å². The predicted molar refractivity (Wildman–Crippen MR) is 118 cm³/mol. The van der Waals surface area contributed by atoms with E-state index in [-0.39, 0.29) is 0 Å². The Morgan fingerprint density at radius 3 is 1.79 bits per heavy atom. The molecule has 0 atom stereocenters. The number of nitrogens with one attached hydrogen (secondary N) is 1. The molecule has 1 aromatic heterocycles. The van der Waals surface area contributed by atoms with Crippen LogP contribution < -0.4 is 5.43 Å². The second-order valence-electron chi connectivity index (χ2n) is 6.12. The molecule has 0 bridgehead atoms. The summed E-state index contributed by atoms with van der Waals surface area (Å²) in [4.78, 5) is 9.26. The fourth-order valence-electron chi connectivity index (χ4n) is 2.72. The summed E-state index contributed by atoms with van der Waals surface area (Å²) < 4.78 is 1.03. The summed E-state index contributed by atoms with van der Waals surface area (Å²) in [5, 5.41) is 4.30. The van der Waals surface area contributed by atoms with Gasteiger partial charge < -0.3 is 0 Å². The average Bonchev–Trinajstić information content (AvgIpc) is 2.76. The number of hydrogen-bond donors (Lipinski definition) is 1. The van der Waals surface area contributed by atoms with Gasteiger partial charge in [-0.1, -0.05) is 88.7 Å². The quantitative estimate of drug-likeness (QED) is 0.312. The van der Waals surface area contributed by atoms with Crippen molar-refractivity contribution in [3.05, 3.63) is 101 Å². The predicted octanol–water partition coefficient (Wildman–Crippen LogP) is 6.02. The van der Waals surface area contributed by atoms with Crippen LogP contribution in [0.25, 0.3) is 22.5 Å². The minimum atomic E-state index is 0.452. The standard InChI is InChI=1S/C23H17BrN4/c24-20-13-11-17(12-14-20)16-25-28-23-26-21(18-7-3-1-4-8-18)15-22(27-23)19-9-5-2-6-10-19/h1-16H,(H,26,27,28). The third-order valence-electron chi connectivity index (χ3n) is 4.11. The van der Waals surface area contributed by atoms with Gasteiger partial charge in [-0.2, -0.15) is 5.10 Å². The first kappa shape index (κ1) is 18.1. The fraction of sp³-hybridized carbons (Fsp3) is 0. The van der Waals surface area contributed by atoms with Crippen molar-refractivity contribution in [3.63, 3.8) is 0 Å². The molecular weight excluding hydrogens is 412 g/mol. The third-order valence-corrected chi connectivity index (χ3v) is 4.64. The zero-order valence-corrected chi connectivity index (χ0v) is 16.5. The third kappa shape index (κ3) is 4.50. The van der Waals surface area contributed by atoms with Crippen LogP contribution in [-0.2, 0) is 0 Å². The maximum absolute atomic E-state index is 4.63. The Morgan fingerprint density at radius 1 is 0.714 bits per heavy atom. The van der Waals surface area contributed by atoms with E-state index in [1.165, 1.54) is 0 Å². The minimum absolute atomic E-state index is 0.452. The number of halogens is 1.